The van der Waals surface area contributed by atoms with Gasteiger partial charge in [-0.1, -0.05) is 31.9 Å². The Balaban J connectivity index is 2.58. The third kappa shape index (κ3) is 5.30. The van der Waals surface area contributed by atoms with Crippen molar-refractivity contribution < 1.29 is 14.7 Å². The second-order valence-electron chi connectivity index (χ2n) is 4.11. The fourth-order valence-electron chi connectivity index (χ4n) is 1.54. The van der Waals surface area contributed by atoms with E-state index < -0.39 is 18.0 Å². The number of para-hydroxylation sites is 1. The molecule has 0 spiro atoms. The molecule has 1 aromatic rings. The fourth-order valence-corrected chi connectivity index (χ4v) is 1.93. The summed E-state index contributed by atoms with van der Waals surface area (Å²) in [5.74, 6) is -1.02. The third-order valence-electron chi connectivity index (χ3n) is 2.57. The number of aliphatic carboxylic acids is 1. The number of carboxylic acid groups (broad SMARTS) is 1. The Kier molecular flexibility index (Phi) is 6.35. The third-order valence-corrected chi connectivity index (χ3v) is 3.26. The predicted molar refractivity (Wildman–Crippen MR) is 77.2 cm³/mol. The van der Waals surface area contributed by atoms with Crippen LogP contribution in [0.4, 0.5) is 10.5 Å². The van der Waals surface area contributed by atoms with Crippen LogP contribution in [0.25, 0.3) is 0 Å². The van der Waals surface area contributed by atoms with Crippen LogP contribution >= 0.6 is 15.9 Å². The SMILES string of the molecule is CCCC[C@H](NC(=O)Nc1ccccc1Br)C(=O)O. The van der Waals surface area contributed by atoms with Gasteiger partial charge in [0.25, 0.3) is 0 Å². The van der Waals surface area contributed by atoms with Gasteiger partial charge >= 0.3 is 12.0 Å². The zero-order valence-electron chi connectivity index (χ0n) is 10.6. The molecule has 0 unspecified atom stereocenters. The van der Waals surface area contributed by atoms with Crippen molar-refractivity contribution in [2.75, 3.05) is 5.32 Å². The molecule has 19 heavy (non-hydrogen) atoms. The second-order valence-corrected chi connectivity index (χ2v) is 4.97. The minimum atomic E-state index is -1.02. The lowest BCUT2D eigenvalue weighted by molar-refractivity contribution is -0.139. The molecular formula is C13H17BrN2O3. The molecule has 3 N–H and O–H groups in total. The maximum absolute atomic E-state index is 11.7. The number of carbonyl (C=O) groups is 2. The molecule has 0 radical (unpaired) electrons. The van der Waals surface area contributed by atoms with Gasteiger partial charge in [0.05, 0.1) is 5.69 Å². The second kappa shape index (κ2) is 7.78. The smallest absolute Gasteiger partial charge is 0.326 e. The number of halogens is 1. The number of unbranched alkanes of at least 4 members (excludes halogenated alkanes) is 1. The van der Waals surface area contributed by atoms with Gasteiger partial charge < -0.3 is 15.7 Å². The summed E-state index contributed by atoms with van der Waals surface area (Å²) in [6, 6.07) is 5.76. The van der Waals surface area contributed by atoms with Gasteiger partial charge in [-0.2, -0.15) is 0 Å². The topological polar surface area (TPSA) is 78.4 Å². The summed E-state index contributed by atoms with van der Waals surface area (Å²) < 4.78 is 0.741. The molecule has 6 heteroatoms. The zero-order chi connectivity index (χ0) is 14.3. The minimum Gasteiger partial charge on any atom is -0.480 e. The van der Waals surface area contributed by atoms with Crippen molar-refractivity contribution >= 4 is 33.6 Å². The highest BCUT2D eigenvalue weighted by molar-refractivity contribution is 9.10. The number of hydrogen-bond donors (Lipinski definition) is 3. The zero-order valence-corrected chi connectivity index (χ0v) is 12.2. The van der Waals surface area contributed by atoms with E-state index in [1.807, 2.05) is 13.0 Å². The summed E-state index contributed by atoms with van der Waals surface area (Å²) in [6.07, 6.45) is 2.07. The van der Waals surface area contributed by atoms with Crippen molar-refractivity contribution in [3.8, 4) is 0 Å². The maximum Gasteiger partial charge on any atom is 0.326 e. The number of amides is 2. The number of carbonyl (C=O) groups excluding carboxylic acids is 1. The van der Waals surface area contributed by atoms with Gasteiger partial charge in [-0.25, -0.2) is 9.59 Å². The van der Waals surface area contributed by atoms with E-state index in [9.17, 15) is 9.59 Å². The molecule has 1 aromatic carbocycles. The minimum absolute atomic E-state index is 0.426. The van der Waals surface area contributed by atoms with E-state index in [1.165, 1.54) is 0 Å². The number of hydrogen-bond acceptors (Lipinski definition) is 2. The molecule has 0 saturated heterocycles. The molecule has 0 fully saturated rings. The van der Waals surface area contributed by atoms with Crippen molar-refractivity contribution in [2.45, 2.75) is 32.2 Å². The Morgan fingerprint density at radius 1 is 1.37 bits per heavy atom. The van der Waals surface area contributed by atoms with Crippen LogP contribution in [0.5, 0.6) is 0 Å². The highest BCUT2D eigenvalue weighted by Gasteiger charge is 2.19. The van der Waals surface area contributed by atoms with Gasteiger partial charge in [0.15, 0.2) is 0 Å². The quantitative estimate of drug-likeness (QED) is 0.750. The van der Waals surface area contributed by atoms with Crippen LogP contribution in [-0.2, 0) is 4.79 Å². The summed E-state index contributed by atoms with van der Waals surface area (Å²) in [6.45, 7) is 1.97. The van der Waals surface area contributed by atoms with Crippen molar-refractivity contribution in [3.05, 3.63) is 28.7 Å². The first-order valence-electron chi connectivity index (χ1n) is 6.09. The summed E-state index contributed by atoms with van der Waals surface area (Å²) in [4.78, 5) is 22.7. The van der Waals surface area contributed by atoms with E-state index in [1.54, 1.807) is 18.2 Å². The molecule has 0 heterocycles. The molecule has 1 rings (SSSR count). The molecular weight excluding hydrogens is 312 g/mol. The first-order chi connectivity index (χ1) is 9.04. The number of rotatable bonds is 6. The van der Waals surface area contributed by atoms with Crippen molar-refractivity contribution in [3.63, 3.8) is 0 Å². The van der Waals surface area contributed by atoms with Gasteiger partial charge in [0.2, 0.25) is 0 Å². The van der Waals surface area contributed by atoms with Gasteiger partial charge in [-0.15, -0.1) is 0 Å². The van der Waals surface area contributed by atoms with Crippen LogP contribution in [0.15, 0.2) is 28.7 Å². The highest BCUT2D eigenvalue weighted by atomic mass is 79.9. The van der Waals surface area contributed by atoms with E-state index in [-0.39, 0.29) is 0 Å². The normalized spacial score (nSPS) is 11.7. The van der Waals surface area contributed by atoms with Crippen LogP contribution in [-0.4, -0.2) is 23.1 Å². The van der Waals surface area contributed by atoms with Crippen LogP contribution in [0.3, 0.4) is 0 Å². The first kappa shape index (κ1) is 15.5. The Morgan fingerprint density at radius 3 is 2.63 bits per heavy atom. The summed E-state index contributed by atoms with van der Waals surface area (Å²) in [7, 11) is 0. The van der Waals surface area contributed by atoms with E-state index in [0.717, 1.165) is 17.3 Å². The molecule has 0 saturated carbocycles. The molecule has 5 nitrogen and oxygen atoms in total. The monoisotopic (exact) mass is 328 g/mol. The molecule has 0 aliphatic rings. The molecule has 0 bridgehead atoms. The number of nitrogens with one attached hydrogen (secondary N) is 2. The summed E-state index contributed by atoms with van der Waals surface area (Å²) in [5.41, 5.74) is 0.597. The summed E-state index contributed by atoms with van der Waals surface area (Å²) in [5, 5.41) is 14.1. The van der Waals surface area contributed by atoms with Crippen molar-refractivity contribution in [2.24, 2.45) is 0 Å². The fraction of sp³-hybridized carbons (Fsp3) is 0.385. The Labute approximate surface area is 120 Å². The standard InChI is InChI=1S/C13H17BrN2O3/c1-2-3-7-11(12(17)18)16-13(19)15-10-8-5-4-6-9(10)14/h4-6,8,11H,2-3,7H2,1H3,(H,17,18)(H2,15,16,19)/t11-/m0/s1. The molecule has 0 aliphatic carbocycles. The van der Waals surface area contributed by atoms with Crippen LogP contribution in [0, 0.1) is 0 Å². The van der Waals surface area contributed by atoms with Gasteiger partial charge in [0, 0.05) is 4.47 Å². The van der Waals surface area contributed by atoms with Gasteiger partial charge in [-0.3, -0.25) is 0 Å². The van der Waals surface area contributed by atoms with Crippen LogP contribution < -0.4 is 10.6 Å². The van der Waals surface area contributed by atoms with Gasteiger partial charge in [0.1, 0.15) is 6.04 Å². The summed E-state index contributed by atoms with van der Waals surface area (Å²) >= 11 is 3.30. The number of anilines is 1. The average Bonchev–Trinajstić information content (AvgIpc) is 2.37. The Morgan fingerprint density at radius 2 is 2.05 bits per heavy atom. The lowest BCUT2D eigenvalue weighted by Gasteiger charge is -2.15. The predicted octanol–water partition coefficient (Wildman–Crippen LogP) is 3.21. The number of benzene rings is 1. The average molecular weight is 329 g/mol. The Hall–Kier alpha value is -1.56. The van der Waals surface area contributed by atoms with E-state index >= 15 is 0 Å². The Bertz CT molecular complexity index is 451. The molecule has 2 amide bonds. The van der Waals surface area contributed by atoms with E-state index in [2.05, 4.69) is 26.6 Å². The number of urea groups is 1. The highest BCUT2D eigenvalue weighted by Crippen LogP contribution is 2.20. The van der Waals surface area contributed by atoms with Gasteiger partial charge in [-0.05, 0) is 34.5 Å². The van der Waals surface area contributed by atoms with E-state index in [0.29, 0.717) is 12.1 Å². The first-order valence-corrected chi connectivity index (χ1v) is 6.88. The lowest BCUT2D eigenvalue weighted by Crippen LogP contribution is -2.43. The van der Waals surface area contributed by atoms with Crippen LogP contribution in [0.2, 0.25) is 0 Å². The molecule has 0 aliphatic heterocycles. The largest absolute Gasteiger partial charge is 0.480 e. The van der Waals surface area contributed by atoms with E-state index in [4.69, 9.17) is 5.11 Å². The number of carboxylic acids is 1. The molecule has 104 valence electrons. The molecule has 0 aromatic heterocycles. The lowest BCUT2D eigenvalue weighted by atomic mass is 10.1. The van der Waals surface area contributed by atoms with Crippen molar-refractivity contribution in [1.82, 2.24) is 5.32 Å². The van der Waals surface area contributed by atoms with Crippen molar-refractivity contribution in [1.29, 1.82) is 0 Å². The molecule has 1 atom stereocenters. The van der Waals surface area contributed by atoms with Crippen LogP contribution in [0.1, 0.15) is 26.2 Å². The maximum atomic E-state index is 11.7.